The van der Waals surface area contributed by atoms with E-state index in [-0.39, 0.29) is 6.61 Å². The number of hydrogen-bond donors (Lipinski definition) is 1. The number of rotatable bonds is 6. The first kappa shape index (κ1) is 11.2. The van der Waals surface area contributed by atoms with Crippen LogP contribution in [0.25, 0.3) is 0 Å². The predicted molar refractivity (Wildman–Crippen MR) is 43.1 cm³/mol. The van der Waals surface area contributed by atoms with E-state index in [4.69, 9.17) is 0 Å². The third-order valence-electron chi connectivity index (χ3n) is 1.08. The van der Waals surface area contributed by atoms with Gasteiger partial charge in [-0.25, -0.2) is 4.79 Å². The number of hydrogen-bond acceptors (Lipinski definition) is 5. The van der Waals surface area contributed by atoms with Gasteiger partial charge in [0.15, 0.2) is 0 Å². The second kappa shape index (κ2) is 8.29. The maximum atomic E-state index is 10.7. The van der Waals surface area contributed by atoms with Crippen molar-refractivity contribution in [3.63, 3.8) is 0 Å². The van der Waals surface area contributed by atoms with E-state index in [9.17, 15) is 4.79 Å². The van der Waals surface area contributed by atoms with Gasteiger partial charge in [0.05, 0.1) is 6.61 Å². The lowest BCUT2D eigenvalue weighted by Crippen LogP contribution is -2.18. The smallest absolute Gasteiger partial charge is 0.433 e. The van der Waals surface area contributed by atoms with Crippen LogP contribution in [-0.2, 0) is 14.2 Å². The Morgan fingerprint density at radius 1 is 1.25 bits per heavy atom. The molecule has 0 aromatic carbocycles. The van der Waals surface area contributed by atoms with E-state index in [1.807, 2.05) is 0 Å². The highest BCUT2D eigenvalue weighted by atomic mass is 16.7. The quantitative estimate of drug-likeness (QED) is 0.457. The lowest BCUT2D eigenvalue weighted by atomic mass is 10.7. The summed E-state index contributed by atoms with van der Waals surface area (Å²) in [6, 6.07) is 0. The Balaban J connectivity index is 3.10. The largest absolute Gasteiger partial charge is 0.508 e. The molecule has 0 rings (SSSR count). The molecule has 5 nitrogen and oxygen atoms in total. The van der Waals surface area contributed by atoms with Crippen molar-refractivity contribution in [2.75, 3.05) is 40.5 Å². The highest BCUT2D eigenvalue weighted by Gasteiger charge is 2.01. The summed E-state index contributed by atoms with van der Waals surface area (Å²) in [7, 11) is 3.31. The molecule has 0 radical (unpaired) electrons. The summed E-state index contributed by atoms with van der Waals surface area (Å²) >= 11 is 0. The zero-order valence-corrected chi connectivity index (χ0v) is 7.46. The van der Waals surface area contributed by atoms with E-state index in [0.29, 0.717) is 19.8 Å². The van der Waals surface area contributed by atoms with Gasteiger partial charge in [-0.2, -0.15) is 0 Å². The van der Waals surface area contributed by atoms with Crippen molar-refractivity contribution >= 4 is 6.16 Å². The lowest BCUT2D eigenvalue weighted by Gasteiger charge is -2.04. The van der Waals surface area contributed by atoms with Gasteiger partial charge >= 0.3 is 6.16 Å². The average Bonchev–Trinajstić information content (AvgIpc) is 2.06. The molecule has 0 saturated heterocycles. The van der Waals surface area contributed by atoms with Crippen LogP contribution >= 0.6 is 0 Å². The van der Waals surface area contributed by atoms with Crippen molar-refractivity contribution < 1.29 is 19.0 Å². The SMILES string of the molecule is CNCCOC(=O)OCCOC. The topological polar surface area (TPSA) is 56.8 Å². The molecular formula is C7H15NO4. The van der Waals surface area contributed by atoms with Crippen molar-refractivity contribution in [2.45, 2.75) is 0 Å². The first-order valence-corrected chi connectivity index (χ1v) is 3.74. The van der Waals surface area contributed by atoms with E-state index in [1.165, 1.54) is 7.11 Å². The van der Waals surface area contributed by atoms with E-state index in [1.54, 1.807) is 7.05 Å². The Bertz CT molecular complexity index is 106. The number of ether oxygens (including phenoxy) is 3. The van der Waals surface area contributed by atoms with E-state index >= 15 is 0 Å². The number of methoxy groups -OCH3 is 1. The first-order chi connectivity index (χ1) is 5.81. The second-order valence-corrected chi connectivity index (χ2v) is 2.04. The minimum atomic E-state index is -0.651. The van der Waals surface area contributed by atoms with Crippen molar-refractivity contribution in [3.05, 3.63) is 0 Å². The Kier molecular flexibility index (Phi) is 7.73. The highest BCUT2D eigenvalue weighted by Crippen LogP contribution is 1.84. The summed E-state index contributed by atoms with van der Waals surface area (Å²) in [5.74, 6) is 0. The van der Waals surface area contributed by atoms with Gasteiger partial charge in [-0.15, -0.1) is 0 Å². The molecular weight excluding hydrogens is 162 g/mol. The Morgan fingerprint density at radius 2 is 1.92 bits per heavy atom. The van der Waals surface area contributed by atoms with E-state index in [2.05, 4.69) is 19.5 Å². The fourth-order valence-electron chi connectivity index (χ4n) is 0.486. The van der Waals surface area contributed by atoms with Gasteiger partial charge in [-0.3, -0.25) is 0 Å². The van der Waals surface area contributed by atoms with Gasteiger partial charge in [0.1, 0.15) is 13.2 Å². The Labute approximate surface area is 72.0 Å². The van der Waals surface area contributed by atoms with Gasteiger partial charge < -0.3 is 19.5 Å². The molecule has 0 aliphatic rings. The van der Waals surface area contributed by atoms with Crippen LogP contribution in [0.1, 0.15) is 0 Å². The summed E-state index contributed by atoms with van der Waals surface area (Å²) < 4.78 is 13.9. The molecule has 0 aromatic rings. The minimum absolute atomic E-state index is 0.231. The van der Waals surface area contributed by atoms with Crippen LogP contribution in [0.2, 0.25) is 0 Å². The van der Waals surface area contributed by atoms with Crippen LogP contribution in [0.5, 0.6) is 0 Å². The Morgan fingerprint density at radius 3 is 2.50 bits per heavy atom. The normalized spacial score (nSPS) is 9.50. The van der Waals surface area contributed by atoms with Crippen molar-refractivity contribution in [2.24, 2.45) is 0 Å². The van der Waals surface area contributed by atoms with Crippen molar-refractivity contribution in [1.82, 2.24) is 5.32 Å². The maximum Gasteiger partial charge on any atom is 0.508 e. The van der Waals surface area contributed by atoms with Crippen LogP contribution in [-0.4, -0.2) is 46.7 Å². The number of nitrogens with one attached hydrogen (secondary N) is 1. The lowest BCUT2D eigenvalue weighted by molar-refractivity contribution is 0.0374. The molecule has 0 saturated carbocycles. The van der Waals surface area contributed by atoms with Crippen molar-refractivity contribution in [1.29, 1.82) is 0 Å². The third-order valence-corrected chi connectivity index (χ3v) is 1.08. The highest BCUT2D eigenvalue weighted by molar-refractivity contribution is 5.59. The number of likely N-dealkylation sites (N-methyl/N-ethyl adjacent to an activating group) is 1. The number of carbonyl (C=O) groups excluding carboxylic acids is 1. The summed E-state index contributed by atoms with van der Waals surface area (Å²) in [4.78, 5) is 10.7. The second-order valence-electron chi connectivity index (χ2n) is 2.04. The molecule has 0 fully saturated rings. The average molecular weight is 177 g/mol. The van der Waals surface area contributed by atoms with Gasteiger partial charge in [0.25, 0.3) is 0 Å². The van der Waals surface area contributed by atoms with Gasteiger partial charge in [0, 0.05) is 13.7 Å². The predicted octanol–water partition coefficient (Wildman–Crippen LogP) is 0.00540. The van der Waals surface area contributed by atoms with Gasteiger partial charge in [-0.05, 0) is 7.05 Å². The first-order valence-electron chi connectivity index (χ1n) is 3.74. The van der Waals surface area contributed by atoms with E-state index in [0.717, 1.165) is 0 Å². The summed E-state index contributed by atoms with van der Waals surface area (Å²) in [6.45, 7) is 1.57. The molecule has 5 heteroatoms. The summed E-state index contributed by atoms with van der Waals surface area (Å²) in [6.07, 6.45) is -0.651. The maximum absolute atomic E-state index is 10.7. The van der Waals surface area contributed by atoms with Crippen LogP contribution in [0, 0.1) is 0 Å². The minimum Gasteiger partial charge on any atom is -0.433 e. The molecule has 0 atom stereocenters. The summed E-state index contributed by atoms with van der Waals surface area (Å²) in [5.41, 5.74) is 0. The van der Waals surface area contributed by atoms with Gasteiger partial charge in [0.2, 0.25) is 0 Å². The van der Waals surface area contributed by atoms with Gasteiger partial charge in [-0.1, -0.05) is 0 Å². The molecule has 72 valence electrons. The van der Waals surface area contributed by atoms with E-state index < -0.39 is 6.16 Å². The molecule has 0 spiro atoms. The molecule has 0 aliphatic heterocycles. The molecule has 0 bridgehead atoms. The standard InChI is InChI=1S/C7H15NO4/c1-8-3-4-11-7(9)12-6-5-10-2/h8H,3-6H2,1-2H3. The van der Waals surface area contributed by atoms with Crippen LogP contribution in [0.4, 0.5) is 4.79 Å². The molecule has 0 aromatic heterocycles. The van der Waals surface area contributed by atoms with Crippen LogP contribution < -0.4 is 5.32 Å². The fraction of sp³-hybridized carbons (Fsp3) is 0.857. The van der Waals surface area contributed by atoms with Crippen LogP contribution in [0.15, 0.2) is 0 Å². The monoisotopic (exact) mass is 177 g/mol. The van der Waals surface area contributed by atoms with Crippen molar-refractivity contribution in [3.8, 4) is 0 Å². The third kappa shape index (κ3) is 7.30. The zero-order chi connectivity index (χ0) is 9.23. The fourth-order valence-corrected chi connectivity index (χ4v) is 0.486. The molecule has 0 aliphatic carbocycles. The molecule has 12 heavy (non-hydrogen) atoms. The Hall–Kier alpha value is -0.810. The summed E-state index contributed by atoms with van der Waals surface area (Å²) in [5, 5.41) is 2.83. The number of carbonyl (C=O) groups is 1. The molecule has 0 heterocycles. The van der Waals surface area contributed by atoms with Crippen LogP contribution in [0.3, 0.4) is 0 Å². The molecule has 0 amide bonds. The molecule has 1 N–H and O–H groups in total. The molecule has 0 unspecified atom stereocenters. The zero-order valence-electron chi connectivity index (χ0n) is 7.46.